The van der Waals surface area contributed by atoms with E-state index in [1.165, 1.54) is 24.2 Å². The Morgan fingerprint density at radius 2 is 1.83 bits per heavy atom. The number of anilines is 1. The minimum atomic E-state index is -1.16. The molecule has 24 heavy (non-hydrogen) atoms. The monoisotopic (exact) mass is 348 g/mol. The summed E-state index contributed by atoms with van der Waals surface area (Å²) in [6.07, 6.45) is 4.81. The molecule has 118 valence electrons. The van der Waals surface area contributed by atoms with Crippen LogP contribution >= 0.6 is 11.3 Å². The number of carboxylic acid groups (broad SMARTS) is 1. The molecule has 0 bridgehead atoms. The van der Waals surface area contributed by atoms with E-state index in [1.54, 1.807) is 12.1 Å². The summed E-state index contributed by atoms with van der Waals surface area (Å²) in [5.74, 6) is -1.16. The van der Waals surface area contributed by atoms with Gasteiger partial charge in [-0.05, 0) is 42.7 Å². The zero-order valence-corrected chi connectivity index (χ0v) is 16.6. The minimum Gasteiger partial charge on any atom is -0.544 e. The molecule has 6 heteroatoms. The fourth-order valence-electron chi connectivity index (χ4n) is 2.97. The quantitative estimate of drug-likeness (QED) is 0.735. The number of carboxylic acids is 1. The molecule has 1 aromatic carbocycles. The van der Waals surface area contributed by atoms with E-state index in [4.69, 9.17) is 0 Å². The Morgan fingerprint density at radius 1 is 1.12 bits per heavy atom. The molecule has 0 radical (unpaired) electrons. The first-order valence-corrected chi connectivity index (χ1v) is 8.61. The van der Waals surface area contributed by atoms with E-state index in [-0.39, 0.29) is 34.4 Å². The Hall–Kier alpha value is -1.32. The third kappa shape index (κ3) is 4.20. The Morgan fingerprint density at radius 3 is 2.42 bits per heavy atom. The van der Waals surface area contributed by atoms with Crippen molar-refractivity contribution in [3.05, 3.63) is 40.8 Å². The Balaban J connectivity index is 0.00000208. The van der Waals surface area contributed by atoms with Crippen LogP contribution in [0.15, 0.2) is 30.3 Å². The van der Waals surface area contributed by atoms with E-state index in [2.05, 4.69) is 11.0 Å². The molecule has 3 rings (SSSR count). The normalized spacial score (nSPS) is 14.4. The first kappa shape index (κ1) is 19.0. The molecule has 1 aliphatic rings. The largest absolute Gasteiger partial charge is 1.00 e. The van der Waals surface area contributed by atoms with Crippen LogP contribution in [-0.2, 0) is 0 Å². The van der Waals surface area contributed by atoms with Gasteiger partial charge in [0.15, 0.2) is 0 Å². The molecule has 2 aromatic rings. The zero-order chi connectivity index (χ0) is 16.2. The molecule has 0 amide bonds. The van der Waals surface area contributed by atoms with Crippen molar-refractivity contribution in [2.45, 2.75) is 25.7 Å². The number of thiophene rings is 1. The second-order valence-electron chi connectivity index (χ2n) is 5.70. The predicted octanol–water partition coefficient (Wildman–Crippen LogP) is 0.0347. The smallest absolute Gasteiger partial charge is 0.544 e. The first-order valence-electron chi connectivity index (χ1n) is 7.79. The van der Waals surface area contributed by atoms with Gasteiger partial charge in [0.05, 0.1) is 22.1 Å². The second-order valence-corrected chi connectivity index (χ2v) is 6.78. The Bertz CT molecular complexity index is 759. The average Bonchev–Trinajstić information content (AvgIpc) is 2.91. The number of nitriles is 1. The average molecular weight is 348 g/mol. The van der Waals surface area contributed by atoms with Gasteiger partial charge < -0.3 is 14.8 Å². The van der Waals surface area contributed by atoms with Gasteiger partial charge in [0.25, 0.3) is 0 Å². The number of benzene rings is 1. The van der Waals surface area contributed by atoms with E-state index < -0.39 is 5.97 Å². The standard InChI is InChI=1S/C18H18N2O2S.Na/c19-12-14-11-13(16-7-8-17(23-16)18(21)22)5-6-15(14)20-9-3-1-2-4-10-20;/h5-8,11H,1-4,9-10H2,(H,21,22);/q;+1/p-1. The van der Waals surface area contributed by atoms with Crippen molar-refractivity contribution in [1.82, 2.24) is 0 Å². The van der Waals surface area contributed by atoms with E-state index in [0.29, 0.717) is 5.56 Å². The van der Waals surface area contributed by atoms with Crippen LogP contribution in [0.3, 0.4) is 0 Å². The third-order valence-corrected chi connectivity index (χ3v) is 5.27. The van der Waals surface area contributed by atoms with E-state index >= 15 is 0 Å². The van der Waals surface area contributed by atoms with Crippen LogP contribution in [0.1, 0.15) is 40.9 Å². The van der Waals surface area contributed by atoms with Crippen molar-refractivity contribution >= 4 is 23.0 Å². The molecule has 0 atom stereocenters. The molecule has 4 nitrogen and oxygen atoms in total. The SMILES string of the molecule is N#Cc1cc(-c2ccc(C(=O)[O-])s2)ccc1N1CCCCCC1.[Na+]. The van der Waals surface area contributed by atoms with E-state index in [0.717, 1.165) is 42.1 Å². The van der Waals surface area contributed by atoms with Crippen LogP contribution in [0, 0.1) is 11.3 Å². The maximum Gasteiger partial charge on any atom is 1.00 e. The summed E-state index contributed by atoms with van der Waals surface area (Å²) in [5.41, 5.74) is 2.50. The summed E-state index contributed by atoms with van der Waals surface area (Å²) >= 11 is 1.17. The predicted molar refractivity (Wildman–Crippen MR) is 89.5 cm³/mol. The molecule has 0 saturated carbocycles. The van der Waals surface area contributed by atoms with Gasteiger partial charge in [0.1, 0.15) is 6.07 Å². The summed E-state index contributed by atoms with van der Waals surface area (Å²) in [6.45, 7) is 1.98. The molecule has 1 aromatic heterocycles. The molecular formula is C18H17N2NaO2S. The number of rotatable bonds is 3. The number of carbonyl (C=O) groups is 1. The number of hydrogen-bond donors (Lipinski definition) is 0. The number of aromatic carboxylic acids is 1. The first-order chi connectivity index (χ1) is 11.2. The summed E-state index contributed by atoms with van der Waals surface area (Å²) in [5, 5.41) is 20.4. The summed E-state index contributed by atoms with van der Waals surface area (Å²) in [4.78, 5) is 14.2. The topological polar surface area (TPSA) is 67.2 Å². The maximum absolute atomic E-state index is 10.9. The van der Waals surface area contributed by atoms with Crippen LogP contribution in [-0.4, -0.2) is 19.1 Å². The van der Waals surface area contributed by atoms with Gasteiger partial charge >= 0.3 is 29.6 Å². The van der Waals surface area contributed by atoms with Crippen molar-refractivity contribution in [2.75, 3.05) is 18.0 Å². The zero-order valence-electron chi connectivity index (χ0n) is 13.7. The van der Waals surface area contributed by atoms with E-state index in [9.17, 15) is 15.2 Å². The van der Waals surface area contributed by atoms with Crippen LogP contribution < -0.4 is 39.6 Å². The van der Waals surface area contributed by atoms with Crippen molar-refractivity contribution in [3.63, 3.8) is 0 Å². The van der Waals surface area contributed by atoms with E-state index in [1.807, 2.05) is 18.2 Å². The fraction of sp³-hybridized carbons (Fsp3) is 0.333. The van der Waals surface area contributed by atoms with Gasteiger partial charge in [-0.15, -0.1) is 11.3 Å². The third-order valence-electron chi connectivity index (χ3n) is 4.16. The molecular weight excluding hydrogens is 331 g/mol. The van der Waals surface area contributed by atoms with Crippen LogP contribution in [0.2, 0.25) is 0 Å². The van der Waals surface area contributed by atoms with Crippen LogP contribution in [0.25, 0.3) is 10.4 Å². The summed E-state index contributed by atoms with van der Waals surface area (Å²) in [7, 11) is 0. The molecule has 1 fully saturated rings. The van der Waals surface area contributed by atoms with Crippen molar-refractivity contribution < 1.29 is 39.5 Å². The number of hydrogen-bond acceptors (Lipinski definition) is 5. The van der Waals surface area contributed by atoms with Crippen molar-refractivity contribution in [1.29, 1.82) is 5.26 Å². The molecule has 1 saturated heterocycles. The number of carbonyl (C=O) groups excluding carboxylic acids is 1. The maximum atomic E-state index is 10.9. The van der Waals surface area contributed by atoms with Gasteiger partial charge in [-0.25, -0.2) is 0 Å². The van der Waals surface area contributed by atoms with Crippen LogP contribution in [0.4, 0.5) is 5.69 Å². The Labute approximate surface area is 168 Å². The Kier molecular flexibility index (Phi) is 6.88. The van der Waals surface area contributed by atoms with Gasteiger partial charge in [0, 0.05) is 18.0 Å². The molecule has 0 spiro atoms. The second kappa shape index (κ2) is 8.68. The molecule has 2 heterocycles. The van der Waals surface area contributed by atoms with Gasteiger partial charge in [-0.2, -0.15) is 5.26 Å². The summed E-state index contributed by atoms with van der Waals surface area (Å²) < 4.78 is 0. The molecule has 0 unspecified atom stereocenters. The molecule has 1 aliphatic heterocycles. The van der Waals surface area contributed by atoms with Gasteiger partial charge in [0.2, 0.25) is 0 Å². The number of nitrogens with zero attached hydrogens (tertiary/aromatic N) is 2. The minimum absolute atomic E-state index is 0. The van der Waals surface area contributed by atoms with Gasteiger partial charge in [-0.3, -0.25) is 0 Å². The van der Waals surface area contributed by atoms with Crippen molar-refractivity contribution in [2.24, 2.45) is 0 Å². The fourth-order valence-corrected chi connectivity index (χ4v) is 3.81. The van der Waals surface area contributed by atoms with Gasteiger partial charge in [-0.1, -0.05) is 18.9 Å². The molecule has 0 aliphatic carbocycles. The summed E-state index contributed by atoms with van der Waals surface area (Å²) in [6, 6.07) is 11.4. The molecule has 0 N–H and O–H groups in total. The van der Waals surface area contributed by atoms with Crippen molar-refractivity contribution in [3.8, 4) is 16.5 Å². The van der Waals surface area contributed by atoms with Crippen LogP contribution in [0.5, 0.6) is 0 Å².